The van der Waals surface area contributed by atoms with Crippen LogP contribution in [0.5, 0.6) is 5.75 Å². The van der Waals surface area contributed by atoms with Crippen molar-refractivity contribution in [2.45, 2.75) is 20.0 Å². The van der Waals surface area contributed by atoms with E-state index in [-0.39, 0.29) is 17.9 Å². The van der Waals surface area contributed by atoms with Crippen LogP contribution in [-0.4, -0.2) is 22.8 Å². The summed E-state index contributed by atoms with van der Waals surface area (Å²) < 4.78 is 4.78. The van der Waals surface area contributed by atoms with Gasteiger partial charge < -0.3 is 14.9 Å². The minimum atomic E-state index is -1.47. The van der Waals surface area contributed by atoms with Gasteiger partial charge in [0.1, 0.15) is 5.75 Å². The Bertz CT molecular complexity index is 619. The third-order valence-electron chi connectivity index (χ3n) is 3.05. The number of ether oxygens (including phenoxy) is 1. The zero-order valence-electron chi connectivity index (χ0n) is 10.9. The van der Waals surface area contributed by atoms with Crippen molar-refractivity contribution in [1.82, 2.24) is 0 Å². The fourth-order valence-corrected chi connectivity index (χ4v) is 2.17. The van der Waals surface area contributed by atoms with Gasteiger partial charge in [-0.15, -0.1) is 0 Å². The predicted octanol–water partition coefficient (Wildman–Crippen LogP) is 2.45. The molecule has 2 rings (SSSR count). The smallest absolute Gasteiger partial charge is 0.339 e. The van der Waals surface area contributed by atoms with Crippen molar-refractivity contribution in [2.24, 2.45) is 0 Å². The maximum atomic E-state index is 11.6. The maximum Gasteiger partial charge on any atom is 0.339 e. The van der Waals surface area contributed by atoms with Crippen LogP contribution in [0.2, 0.25) is 0 Å². The number of hydrogen-bond acceptors (Lipinski definition) is 4. The second-order valence-electron chi connectivity index (χ2n) is 4.33. The van der Waals surface area contributed by atoms with Crippen molar-refractivity contribution >= 4 is 16.7 Å². The van der Waals surface area contributed by atoms with E-state index in [2.05, 4.69) is 0 Å². The average molecular weight is 260 g/mol. The SMILES string of the molecule is CCOC(=O)C(O)c1c(C)cc2ccccc2c1O. The van der Waals surface area contributed by atoms with Crippen LogP contribution in [0.1, 0.15) is 24.2 Å². The second kappa shape index (κ2) is 5.28. The summed E-state index contributed by atoms with van der Waals surface area (Å²) in [4.78, 5) is 11.6. The molecule has 2 aromatic rings. The molecule has 1 atom stereocenters. The number of rotatable bonds is 3. The number of carbonyl (C=O) groups is 1. The second-order valence-corrected chi connectivity index (χ2v) is 4.33. The van der Waals surface area contributed by atoms with E-state index in [0.717, 1.165) is 5.39 Å². The number of phenolic OH excluding ortho intramolecular Hbond substituents is 1. The highest BCUT2D eigenvalue weighted by Gasteiger charge is 2.25. The Kier molecular flexibility index (Phi) is 3.71. The third kappa shape index (κ3) is 2.39. The van der Waals surface area contributed by atoms with Crippen molar-refractivity contribution in [3.63, 3.8) is 0 Å². The first-order valence-corrected chi connectivity index (χ1v) is 6.12. The van der Waals surface area contributed by atoms with Crippen LogP contribution >= 0.6 is 0 Å². The first-order valence-electron chi connectivity index (χ1n) is 6.12. The highest BCUT2D eigenvalue weighted by molar-refractivity contribution is 5.92. The summed E-state index contributed by atoms with van der Waals surface area (Å²) in [6.45, 7) is 3.59. The van der Waals surface area contributed by atoms with Crippen LogP contribution in [0.3, 0.4) is 0 Å². The molecule has 2 N–H and O–H groups in total. The molecule has 0 heterocycles. The monoisotopic (exact) mass is 260 g/mol. The Balaban J connectivity index is 2.57. The topological polar surface area (TPSA) is 66.8 Å². The number of hydrogen-bond donors (Lipinski definition) is 2. The number of phenols is 1. The van der Waals surface area contributed by atoms with Crippen LogP contribution in [-0.2, 0) is 9.53 Å². The lowest BCUT2D eigenvalue weighted by molar-refractivity contribution is -0.153. The Morgan fingerprint density at radius 3 is 2.74 bits per heavy atom. The van der Waals surface area contributed by atoms with Gasteiger partial charge in [-0.2, -0.15) is 0 Å². The van der Waals surface area contributed by atoms with E-state index in [4.69, 9.17) is 4.74 Å². The summed E-state index contributed by atoms with van der Waals surface area (Å²) in [5, 5.41) is 21.7. The number of aliphatic hydroxyl groups excluding tert-OH is 1. The lowest BCUT2D eigenvalue weighted by Gasteiger charge is -2.16. The van der Waals surface area contributed by atoms with Gasteiger partial charge in [0.25, 0.3) is 0 Å². The molecule has 4 heteroatoms. The highest BCUT2D eigenvalue weighted by Crippen LogP contribution is 2.35. The van der Waals surface area contributed by atoms with Gasteiger partial charge in [-0.1, -0.05) is 30.3 Å². The number of aromatic hydroxyl groups is 1. The van der Waals surface area contributed by atoms with Gasteiger partial charge in [-0.05, 0) is 24.8 Å². The molecule has 0 bridgehead atoms. The van der Waals surface area contributed by atoms with E-state index in [1.165, 1.54) is 0 Å². The van der Waals surface area contributed by atoms with Gasteiger partial charge in [0.05, 0.1) is 6.61 Å². The number of aryl methyl sites for hydroxylation is 1. The molecule has 100 valence electrons. The molecule has 0 amide bonds. The maximum absolute atomic E-state index is 11.6. The van der Waals surface area contributed by atoms with E-state index in [0.29, 0.717) is 10.9 Å². The quantitative estimate of drug-likeness (QED) is 0.832. The molecule has 19 heavy (non-hydrogen) atoms. The van der Waals surface area contributed by atoms with Gasteiger partial charge in [0.15, 0.2) is 6.10 Å². The molecule has 1 unspecified atom stereocenters. The number of carbonyl (C=O) groups excluding carboxylic acids is 1. The summed E-state index contributed by atoms with van der Waals surface area (Å²) in [7, 11) is 0. The predicted molar refractivity (Wildman–Crippen MR) is 71.9 cm³/mol. The number of benzene rings is 2. The van der Waals surface area contributed by atoms with Gasteiger partial charge in [-0.3, -0.25) is 0 Å². The van der Waals surface area contributed by atoms with E-state index in [1.807, 2.05) is 18.2 Å². The molecule has 4 nitrogen and oxygen atoms in total. The molecule has 0 saturated heterocycles. The van der Waals surface area contributed by atoms with E-state index >= 15 is 0 Å². The van der Waals surface area contributed by atoms with Crippen LogP contribution in [0.25, 0.3) is 10.8 Å². The molecule has 0 aromatic heterocycles. The minimum Gasteiger partial charge on any atom is -0.507 e. The van der Waals surface area contributed by atoms with Gasteiger partial charge >= 0.3 is 5.97 Å². The molecule has 0 fully saturated rings. The van der Waals surface area contributed by atoms with E-state index in [1.54, 1.807) is 26.0 Å². The molecular formula is C15H16O4. The van der Waals surface area contributed by atoms with Crippen molar-refractivity contribution in [3.8, 4) is 5.75 Å². The Labute approximate surface area is 111 Å². The normalized spacial score (nSPS) is 12.4. The fourth-order valence-electron chi connectivity index (χ4n) is 2.17. The van der Waals surface area contributed by atoms with Gasteiger partial charge in [-0.25, -0.2) is 4.79 Å². The average Bonchev–Trinajstić information content (AvgIpc) is 2.38. The van der Waals surface area contributed by atoms with Crippen molar-refractivity contribution < 1.29 is 19.7 Å². The summed E-state index contributed by atoms with van der Waals surface area (Å²) in [6.07, 6.45) is -1.47. The Morgan fingerprint density at radius 2 is 2.05 bits per heavy atom. The van der Waals surface area contributed by atoms with E-state index in [9.17, 15) is 15.0 Å². The molecule has 0 aliphatic carbocycles. The molecular weight excluding hydrogens is 244 g/mol. The summed E-state index contributed by atoms with van der Waals surface area (Å²) >= 11 is 0. The number of esters is 1. The summed E-state index contributed by atoms with van der Waals surface area (Å²) in [5.74, 6) is -0.827. The standard InChI is InChI=1S/C15H16O4/c1-3-19-15(18)14(17)12-9(2)8-10-6-4-5-7-11(10)13(12)16/h4-8,14,16-17H,3H2,1-2H3. The largest absolute Gasteiger partial charge is 0.507 e. The number of fused-ring (bicyclic) bond motifs is 1. The van der Waals surface area contributed by atoms with Gasteiger partial charge in [0, 0.05) is 10.9 Å². The zero-order valence-corrected chi connectivity index (χ0v) is 10.9. The van der Waals surface area contributed by atoms with Crippen LogP contribution in [0.4, 0.5) is 0 Å². The lowest BCUT2D eigenvalue weighted by Crippen LogP contribution is -2.16. The lowest BCUT2D eigenvalue weighted by atomic mass is 9.96. The Morgan fingerprint density at radius 1 is 1.37 bits per heavy atom. The molecule has 0 saturated carbocycles. The Hall–Kier alpha value is -2.07. The van der Waals surface area contributed by atoms with Crippen LogP contribution in [0.15, 0.2) is 30.3 Å². The van der Waals surface area contributed by atoms with Crippen LogP contribution < -0.4 is 0 Å². The first kappa shape index (κ1) is 13.4. The highest BCUT2D eigenvalue weighted by atomic mass is 16.5. The molecule has 0 radical (unpaired) electrons. The molecule has 0 spiro atoms. The van der Waals surface area contributed by atoms with Crippen LogP contribution in [0, 0.1) is 6.92 Å². The summed E-state index contributed by atoms with van der Waals surface area (Å²) in [6, 6.07) is 9.08. The molecule has 2 aromatic carbocycles. The van der Waals surface area contributed by atoms with Crippen molar-refractivity contribution in [2.75, 3.05) is 6.61 Å². The van der Waals surface area contributed by atoms with E-state index < -0.39 is 12.1 Å². The third-order valence-corrected chi connectivity index (χ3v) is 3.05. The molecule has 0 aliphatic rings. The number of aliphatic hydroxyl groups is 1. The fraction of sp³-hybridized carbons (Fsp3) is 0.267. The first-order chi connectivity index (χ1) is 9.06. The van der Waals surface area contributed by atoms with Crippen molar-refractivity contribution in [1.29, 1.82) is 0 Å². The molecule has 0 aliphatic heterocycles. The van der Waals surface area contributed by atoms with Gasteiger partial charge in [0.2, 0.25) is 0 Å². The minimum absolute atomic E-state index is 0.0730. The zero-order chi connectivity index (χ0) is 14.0. The van der Waals surface area contributed by atoms with Crippen molar-refractivity contribution in [3.05, 3.63) is 41.5 Å². The summed E-state index contributed by atoms with van der Waals surface area (Å²) in [5.41, 5.74) is 0.855.